The Bertz CT molecular complexity index is 1070. The van der Waals surface area contributed by atoms with Crippen LogP contribution in [0.5, 0.6) is 0 Å². The minimum Gasteiger partial charge on any atom is -0.394 e. The van der Waals surface area contributed by atoms with E-state index < -0.39 is 48.3 Å². The highest BCUT2D eigenvalue weighted by Crippen LogP contribution is 2.40. The maximum Gasteiger partial charge on any atom is 0.434 e. The molecule has 172 valence electrons. The Morgan fingerprint density at radius 3 is 2.66 bits per heavy atom. The molecule has 32 heavy (non-hydrogen) atoms. The molecule has 0 amide bonds. The number of aromatic nitrogens is 5. The van der Waals surface area contributed by atoms with Gasteiger partial charge in [-0.2, -0.15) is 13.2 Å². The number of thiazole rings is 1. The van der Waals surface area contributed by atoms with E-state index in [2.05, 4.69) is 36.2 Å². The van der Waals surface area contributed by atoms with Gasteiger partial charge in [-0.25, -0.2) is 14.6 Å². The highest BCUT2D eigenvalue weighted by atomic mass is 79.9. The first-order valence-electron chi connectivity index (χ1n) is 9.02. The van der Waals surface area contributed by atoms with Gasteiger partial charge in [0.15, 0.2) is 5.69 Å². The molecule has 5 atom stereocenters. The fourth-order valence-electron chi connectivity index (χ4n) is 3.18. The Hall–Kier alpha value is -1.62. The van der Waals surface area contributed by atoms with Gasteiger partial charge in [-0.3, -0.25) is 0 Å². The van der Waals surface area contributed by atoms with Crippen LogP contribution in [0.1, 0.15) is 11.7 Å². The summed E-state index contributed by atoms with van der Waals surface area (Å²) >= 11 is 5.10. The molecule has 9 nitrogen and oxygen atoms in total. The fraction of sp³-hybridized carbons (Fsp3) is 0.412. The molecule has 0 aliphatic carbocycles. The molecule has 1 saturated heterocycles. The number of hydrogen-bond acceptors (Lipinski definition) is 10. The van der Waals surface area contributed by atoms with Crippen LogP contribution >= 0.6 is 39.0 Å². The molecule has 0 radical (unpaired) electrons. The summed E-state index contributed by atoms with van der Waals surface area (Å²) in [6.45, 7) is -0.551. The zero-order chi connectivity index (χ0) is 23.0. The van der Waals surface area contributed by atoms with Gasteiger partial charge in [0.25, 0.3) is 0 Å². The van der Waals surface area contributed by atoms with Crippen molar-refractivity contribution in [2.75, 3.05) is 6.61 Å². The van der Waals surface area contributed by atoms with Crippen LogP contribution in [0.4, 0.5) is 13.2 Å². The lowest BCUT2D eigenvalue weighted by Gasteiger charge is -2.41. The van der Waals surface area contributed by atoms with Gasteiger partial charge >= 0.3 is 6.18 Å². The quantitative estimate of drug-likeness (QED) is 0.436. The van der Waals surface area contributed by atoms with E-state index in [1.807, 2.05) is 0 Å². The second kappa shape index (κ2) is 9.32. The van der Waals surface area contributed by atoms with Gasteiger partial charge in [-0.05, 0) is 22.0 Å². The number of aliphatic hydroxyl groups excluding tert-OH is 3. The summed E-state index contributed by atoms with van der Waals surface area (Å²) in [6.07, 6.45) is -4.24. The van der Waals surface area contributed by atoms with Gasteiger partial charge in [-0.1, -0.05) is 17.0 Å². The molecule has 1 aliphatic rings. The van der Waals surface area contributed by atoms with Crippen LogP contribution in [0.2, 0.25) is 0 Å². The number of nitrogens with zero attached hydrogens (tertiary/aromatic N) is 5. The van der Waals surface area contributed by atoms with Gasteiger partial charge in [0.1, 0.15) is 40.5 Å². The van der Waals surface area contributed by atoms with Crippen molar-refractivity contribution in [3.63, 3.8) is 0 Å². The van der Waals surface area contributed by atoms with Crippen molar-refractivity contribution in [3.8, 4) is 10.7 Å². The van der Waals surface area contributed by atoms with E-state index in [0.29, 0.717) is 10.7 Å². The molecule has 1 fully saturated rings. The molecule has 1 aliphatic heterocycles. The molecule has 3 aromatic rings. The van der Waals surface area contributed by atoms with Crippen LogP contribution in [0, 0.1) is 0 Å². The average molecular weight is 554 g/mol. The number of halogens is 4. The van der Waals surface area contributed by atoms with Crippen molar-refractivity contribution in [1.82, 2.24) is 25.0 Å². The number of hydrogen-bond donors (Lipinski definition) is 3. The maximum absolute atomic E-state index is 12.9. The molecule has 0 bridgehead atoms. The van der Waals surface area contributed by atoms with E-state index >= 15 is 0 Å². The average Bonchev–Trinajstić information content (AvgIpc) is 3.41. The SMILES string of the molecule is OC[C@H]1O[C@H](Sc2cnc(C(F)(F)F)c(Br)c2)[C@H](O)[C@@H](n2cc(-c3nccs3)nn2)[C@H]1O. The number of rotatable bonds is 5. The number of thioether (sulfide) groups is 1. The monoisotopic (exact) mass is 553 g/mol. The Morgan fingerprint density at radius 2 is 2.03 bits per heavy atom. The zero-order valence-corrected chi connectivity index (χ0v) is 19.0. The van der Waals surface area contributed by atoms with Gasteiger partial charge in [0.05, 0.1) is 12.8 Å². The van der Waals surface area contributed by atoms with Crippen molar-refractivity contribution in [1.29, 1.82) is 0 Å². The summed E-state index contributed by atoms with van der Waals surface area (Å²) < 4.78 is 45.4. The lowest BCUT2D eigenvalue weighted by Crippen LogP contribution is -2.55. The second-order valence-electron chi connectivity index (χ2n) is 6.74. The fourth-order valence-corrected chi connectivity index (χ4v) is 5.55. The van der Waals surface area contributed by atoms with Crippen molar-refractivity contribution in [3.05, 3.63) is 40.2 Å². The van der Waals surface area contributed by atoms with Crippen LogP contribution in [-0.4, -0.2) is 70.6 Å². The largest absolute Gasteiger partial charge is 0.434 e. The maximum atomic E-state index is 12.9. The van der Waals surface area contributed by atoms with Crippen molar-refractivity contribution >= 4 is 39.0 Å². The van der Waals surface area contributed by atoms with Crippen molar-refractivity contribution in [2.24, 2.45) is 0 Å². The molecule has 0 spiro atoms. The minimum absolute atomic E-state index is 0.264. The van der Waals surface area contributed by atoms with Crippen LogP contribution in [-0.2, 0) is 10.9 Å². The van der Waals surface area contributed by atoms with Crippen LogP contribution in [0.3, 0.4) is 0 Å². The van der Waals surface area contributed by atoms with Gasteiger partial charge in [-0.15, -0.1) is 16.4 Å². The predicted octanol–water partition coefficient (Wildman–Crippen LogP) is 2.35. The third kappa shape index (κ3) is 4.69. The van der Waals surface area contributed by atoms with E-state index in [9.17, 15) is 28.5 Å². The van der Waals surface area contributed by atoms with Gasteiger partial charge in [0, 0.05) is 27.1 Å². The Kier molecular flexibility index (Phi) is 6.86. The lowest BCUT2D eigenvalue weighted by atomic mass is 9.97. The molecule has 4 rings (SSSR count). The molecule has 0 saturated carbocycles. The Labute approximate surface area is 195 Å². The van der Waals surface area contributed by atoms with Crippen LogP contribution < -0.4 is 0 Å². The first-order valence-corrected chi connectivity index (χ1v) is 11.6. The first-order chi connectivity index (χ1) is 15.2. The summed E-state index contributed by atoms with van der Waals surface area (Å²) in [5.74, 6) is 0. The molecule has 0 unspecified atom stereocenters. The topological polar surface area (TPSA) is 126 Å². The van der Waals surface area contributed by atoms with Gasteiger partial charge in [0.2, 0.25) is 0 Å². The summed E-state index contributed by atoms with van der Waals surface area (Å²) in [5.41, 5.74) is -1.68. The smallest absolute Gasteiger partial charge is 0.394 e. The van der Waals surface area contributed by atoms with Crippen LogP contribution in [0.25, 0.3) is 10.7 Å². The zero-order valence-electron chi connectivity index (χ0n) is 15.8. The molecule has 4 heterocycles. The van der Waals surface area contributed by atoms with Crippen LogP contribution in [0.15, 0.2) is 39.4 Å². The number of aliphatic hydroxyl groups is 3. The molecular weight excluding hydrogens is 539 g/mol. The number of pyridine rings is 1. The Balaban J connectivity index is 1.59. The molecule has 3 N–H and O–H groups in total. The van der Waals surface area contributed by atoms with Crippen molar-refractivity contribution in [2.45, 2.75) is 40.9 Å². The molecular formula is C17H15BrF3N5O4S2. The third-order valence-electron chi connectivity index (χ3n) is 4.65. The van der Waals surface area contributed by atoms with E-state index in [0.717, 1.165) is 18.0 Å². The highest BCUT2D eigenvalue weighted by molar-refractivity contribution is 9.10. The molecule has 0 aromatic carbocycles. The predicted molar refractivity (Wildman–Crippen MR) is 111 cm³/mol. The van der Waals surface area contributed by atoms with E-state index in [1.54, 1.807) is 11.6 Å². The van der Waals surface area contributed by atoms with E-state index in [1.165, 1.54) is 28.3 Å². The first kappa shape index (κ1) is 23.5. The number of alkyl halides is 3. The summed E-state index contributed by atoms with van der Waals surface area (Å²) in [4.78, 5) is 7.86. The summed E-state index contributed by atoms with van der Waals surface area (Å²) in [7, 11) is 0. The van der Waals surface area contributed by atoms with E-state index in [-0.39, 0.29) is 9.37 Å². The summed E-state index contributed by atoms with van der Waals surface area (Å²) in [5, 5.41) is 41.6. The highest BCUT2D eigenvalue weighted by Gasteiger charge is 2.46. The normalized spacial score (nSPS) is 26.4. The molecule has 15 heteroatoms. The minimum atomic E-state index is -4.62. The Morgan fingerprint density at radius 1 is 1.25 bits per heavy atom. The van der Waals surface area contributed by atoms with Crippen molar-refractivity contribution < 1.29 is 33.2 Å². The molecule has 3 aromatic heterocycles. The third-order valence-corrected chi connectivity index (χ3v) is 7.17. The number of ether oxygens (including phenoxy) is 1. The summed E-state index contributed by atoms with van der Waals surface area (Å²) in [6, 6.07) is 0.172. The second-order valence-corrected chi connectivity index (χ2v) is 9.66. The van der Waals surface area contributed by atoms with E-state index in [4.69, 9.17) is 4.74 Å². The van der Waals surface area contributed by atoms with Gasteiger partial charge < -0.3 is 20.1 Å². The lowest BCUT2D eigenvalue weighted by molar-refractivity contribution is -0.178. The standard InChI is InChI=1S/C17H15BrF3N5O4S2/c18-8-3-7(4-23-14(8)17(19,20)21)32-16-13(29)11(12(28)10(6-27)30-16)26-5-9(24-25-26)15-22-1-2-31-15/h1-5,10-13,16,27-29H,6H2/t10-,11+,12+,13-,16-/m1/s1.